The van der Waals surface area contributed by atoms with Crippen molar-refractivity contribution in [3.8, 4) is 0 Å². The lowest BCUT2D eigenvalue weighted by Crippen LogP contribution is -2.47. The third-order valence-electron chi connectivity index (χ3n) is 3.81. The van der Waals surface area contributed by atoms with Crippen LogP contribution >= 0.6 is 0 Å². The third kappa shape index (κ3) is 4.84. The first-order valence-corrected chi connectivity index (χ1v) is 7.02. The zero-order valence-corrected chi connectivity index (χ0v) is 11.3. The standard InChI is InChI=1S/C14H29NO/c1-4-6-8-13(5-2)11-15-10-7-9-14(3,16)12-15/h13,16H,4-12H2,1-3H3. The molecule has 0 aromatic carbocycles. The predicted molar refractivity (Wildman–Crippen MR) is 69.6 cm³/mol. The normalized spacial score (nSPS) is 29.2. The van der Waals surface area contributed by atoms with Gasteiger partial charge >= 0.3 is 0 Å². The average Bonchev–Trinajstić information content (AvgIpc) is 2.22. The van der Waals surface area contributed by atoms with Crippen molar-refractivity contribution in [2.24, 2.45) is 5.92 Å². The van der Waals surface area contributed by atoms with Crippen LogP contribution in [0.4, 0.5) is 0 Å². The number of nitrogens with zero attached hydrogens (tertiary/aromatic N) is 1. The SMILES string of the molecule is CCCCC(CC)CN1CCCC(C)(O)C1. The summed E-state index contributed by atoms with van der Waals surface area (Å²) >= 11 is 0. The molecular weight excluding hydrogens is 198 g/mol. The van der Waals surface area contributed by atoms with E-state index in [1.54, 1.807) is 0 Å². The molecule has 1 fully saturated rings. The maximum Gasteiger partial charge on any atom is 0.0746 e. The lowest BCUT2D eigenvalue weighted by molar-refractivity contribution is -0.0204. The minimum Gasteiger partial charge on any atom is -0.389 e. The fourth-order valence-electron chi connectivity index (χ4n) is 2.76. The monoisotopic (exact) mass is 227 g/mol. The molecule has 2 unspecified atom stereocenters. The molecule has 2 atom stereocenters. The van der Waals surface area contributed by atoms with Crippen LogP contribution in [0.25, 0.3) is 0 Å². The number of likely N-dealkylation sites (tertiary alicyclic amines) is 1. The Morgan fingerprint density at radius 1 is 1.38 bits per heavy atom. The molecule has 1 heterocycles. The second kappa shape index (κ2) is 6.61. The van der Waals surface area contributed by atoms with Gasteiger partial charge < -0.3 is 10.0 Å². The molecule has 2 heteroatoms. The first kappa shape index (κ1) is 14.0. The van der Waals surface area contributed by atoms with Crippen LogP contribution in [0.1, 0.15) is 59.3 Å². The van der Waals surface area contributed by atoms with E-state index < -0.39 is 5.60 Å². The molecule has 1 aliphatic heterocycles. The molecule has 1 saturated heterocycles. The van der Waals surface area contributed by atoms with Crippen molar-refractivity contribution in [1.29, 1.82) is 0 Å². The van der Waals surface area contributed by atoms with Crippen molar-refractivity contribution in [2.75, 3.05) is 19.6 Å². The maximum atomic E-state index is 10.1. The van der Waals surface area contributed by atoms with Crippen LogP contribution in [-0.2, 0) is 0 Å². The minimum absolute atomic E-state index is 0.443. The molecule has 0 amide bonds. The van der Waals surface area contributed by atoms with Gasteiger partial charge in [0.15, 0.2) is 0 Å². The van der Waals surface area contributed by atoms with Gasteiger partial charge in [-0.25, -0.2) is 0 Å². The number of aliphatic hydroxyl groups is 1. The topological polar surface area (TPSA) is 23.5 Å². The first-order chi connectivity index (χ1) is 7.57. The lowest BCUT2D eigenvalue weighted by Gasteiger charge is -2.38. The third-order valence-corrected chi connectivity index (χ3v) is 3.81. The van der Waals surface area contributed by atoms with Crippen LogP contribution < -0.4 is 0 Å². The van der Waals surface area contributed by atoms with Gasteiger partial charge in [0, 0.05) is 13.1 Å². The van der Waals surface area contributed by atoms with Gasteiger partial charge in [0.05, 0.1) is 5.60 Å². The lowest BCUT2D eigenvalue weighted by atomic mass is 9.92. The molecule has 0 aromatic heterocycles. The van der Waals surface area contributed by atoms with Crippen molar-refractivity contribution in [1.82, 2.24) is 4.90 Å². The van der Waals surface area contributed by atoms with Gasteiger partial charge in [0.25, 0.3) is 0 Å². The van der Waals surface area contributed by atoms with Crippen molar-refractivity contribution in [3.63, 3.8) is 0 Å². The smallest absolute Gasteiger partial charge is 0.0746 e. The zero-order chi connectivity index (χ0) is 12.0. The van der Waals surface area contributed by atoms with E-state index in [4.69, 9.17) is 0 Å². The Morgan fingerprint density at radius 3 is 2.69 bits per heavy atom. The molecule has 2 nitrogen and oxygen atoms in total. The molecule has 1 N–H and O–H groups in total. The molecule has 0 saturated carbocycles. The highest BCUT2D eigenvalue weighted by Gasteiger charge is 2.28. The zero-order valence-electron chi connectivity index (χ0n) is 11.3. The molecule has 0 aromatic rings. The van der Waals surface area contributed by atoms with E-state index in [2.05, 4.69) is 18.7 Å². The van der Waals surface area contributed by atoms with Crippen molar-refractivity contribution in [3.05, 3.63) is 0 Å². The Bertz CT molecular complexity index is 191. The largest absolute Gasteiger partial charge is 0.389 e. The Kier molecular flexibility index (Phi) is 5.77. The van der Waals surface area contributed by atoms with Crippen LogP contribution in [-0.4, -0.2) is 35.2 Å². The quantitative estimate of drug-likeness (QED) is 0.754. The van der Waals surface area contributed by atoms with Crippen LogP contribution in [0.5, 0.6) is 0 Å². The highest BCUT2D eigenvalue weighted by Crippen LogP contribution is 2.23. The molecule has 0 aliphatic carbocycles. The van der Waals surface area contributed by atoms with Gasteiger partial charge in [-0.15, -0.1) is 0 Å². The Labute approximate surface area is 101 Å². The van der Waals surface area contributed by atoms with E-state index in [-0.39, 0.29) is 0 Å². The number of β-amino-alcohol motifs (C(OH)–C–C–N with tert-alkyl or cyclic N) is 1. The summed E-state index contributed by atoms with van der Waals surface area (Å²) in [4.78, 5) is 2.47. The van der Waals surface area contributed by atoms with Gasteiger partial charge in [0.2, 0.25) is 0 Å². The Balaban J connectivity index is 2.33. The summed E-state index contributed by atoms with van der Waals surface area (Å²) in [6.07, 6.45) is 7.40. The van der Waals surface area contributed by atoms with Gasteiger partial charge in [-0.3, -0.25) is 0 Å². The molecule has 1 rings (SSSR count). The van der Waals surface area contributed by atoms with Crippen LogP contribution in [0, 0.1) is 5.92 Å². The van der Waals surface area contributed by atoms with Crippen LogP contribution in [0.15, 0.2) is 0 Å². The summed E-state index contributed by atoms with van der Waals surface area (Å²) in [7, 11) is 0. The van der Waals surface area contributed by atoms with E-state index in [1.807, 2.05) is 6.92 Å². The number of unbranched alkanes of at least 4 members (excludes halogenated alkanes) is 1. The summed E-state index contributed by atoms with van der Waals surface area (Å²) in [5, 5.41) is 10.1. The second-order valence-corrected chi connectivity index (χ2v) is 5.75. The van der Waals surface area contributed by atoms with Crippen LogP contribution in [0.3, 0.4) is 0 Å². The maximum absolute atomic E-state index is 10.1. The van der Waals surface area contributed by atoms with Gasteiger partial charge in [-0.05, 0) is 38.6 Å². The van der Waals surface area contributed by atoms with E-state index in [0.717, 1.165) is 25.3 Å². The molecule has 1 aliphatic rings. The summed E-state index contributed by atoms with van der Waals surface area (Å²) in [6.45, 7) is 9.77. The second-order valence-electron chi connectivity index (χ2n) is 5.75. The van der Waals surface area contributed by atoms with E-state index in [1.165, 1.54) is 38.8 Å². The fraction of sp³-hybridized carbons (Fsp3) is 1.00. The fourth-order valence-corrected chi connectivity index (χ4v) is 2.76. The summed E-state index contributed by atoms with van der Waals surface area (Å²) < 4.78 is 0. The molecule has 16 heavy (non-hydrogen) atoms. The molecule has 96 valence electrons. The Hall–Kier alpha value is -0.0800. The molecule has 0 bridgehead atoms. The highest BCUT2D eigenvalue weighted by atomic mass is 16.3. The minimum atomic E-state index is -0.443. The summed E-state index contributed by atoms with van der Waals surface area (Å²) in [6, 6.07) is 0. The average molecular weight is 227 g/mol. The molecular formula is C14H29NO. The van der Waals surface area contributed by atoms with Crippen molar-refractivity contribution in [2.45, 2.75) is 64.9 Å². The van der Waals surface area contributed by atoms with Gasteiger partial charge in [-0.2, -0.15) is 0 Å². The van der Waals surface area contributed by atoms with E-state index >= 15 is 0 Å². The number of rotatable bonds is 6. The van der Waals surface area contributed by atoms with Crippen molar-refractivity contribution < 1.29 is 5.11 Å². The van der Waals surface area contributed by atoms with Crippen molar-refractivity contribution >= 4 is 0 Å². The number of hydrogen-bond acceptors (Lipinski definition) is 2. The predicted octanol–water partition coefficient (Wildman–Crippen LogP) is 3.05. The molecule has 0 spiro atoms. The van der Waals surface area contributed by atoms with Crippen LogP contribution in [0.2, 0.25) is 0 Å². The number of piperidine rings is 1. The van der Waals surface area contributed by atoms with E-state index in [0.29, 0.717) is 0 Å². The summed E-state index contributed by atoms with van der Waals surface area (Å²) in [5.74, 6) is 0.828. The van der Waals surface area contributed by atoms with Gasteiger partial charge in [0.1, 0.15) is 0 Å². The number of hydrogen-bond donors (Lipinski definition) is 1. The van der Waals surface area contributed by atoms with Gasteiger partial charge in [-0.1, -0.05) is 33.1 Å². The first-order valence-electron chi connectivity index (χ1n) is 7.02. The van der Waals surface area contributed by atoms with E-state index in [9.17, 15) is 5.11 Å². The Morgan fingerprint density at radius 2 is 2.12 bits per heavy atom. The highest BCUT2D eigenvalue weighted by molar-refractivity contribution is 4.83. The summed E-state index contributed by atoms with van der Waals surface area (Å²) in [5.41, 5.74) is -0.443. The molecule has 0 radical (unpaired) electrons.